The summed E-state index contributed by atoms with van der Waals surface area (Å²) in [5.41, 5.74) is 0.294. The maximum atomic E-state index is 12.5. The quantitative estimate of drug-likeness (QED) is 0.745. The third-order valence-electron chi connectivity index (χ3n) is 5.00. The number of carbonyl (C=O) groups excluding carboxylic acids is 2. The highest BCUT2D eigenvalue weighted by Gasteiger charge is 2.67. The summed E-state index contributed by atoms with van der Waals surface area (Å²) < 4.78 is 11.0. The summed E-state index contributed by atoms with van der Waals surface area (Å²) in [7, 11) is 0. The first-order valence-corrected chi connectivity index (χ1v) is 7.58. The van der Waals surface area contributed by atoms with Crippen molar-refractivity contribution in [1.82, 2.24) is 0 Å². The molecule has 2 spiro atoms. The Morgan fingerprint density at radius 3 is 2.57 bits per heavy atom. The summed E-state index contributed by atoms with van der Waals surface area (Å²) in [6, 6.07) is 10.1. The lowest BCUT2D eigenvalue weighted by atomic mass is 9.91. The van der Waals surface area contributed by atoms with Crippen LogP contribution in [0, 0.1) is 5.41 Å². The summed E-state index contributed by atoms with van der Waals surface area (Å²) in [4.78, 5) is 24.2. The fraction of sp³-hybridized carbons (Fsp3) is 0.529. The first kappa shape index (κ1) is 12.9. The number of benzene rings is 1. The molecule has 1 aliphatic heterocycles. The summed E-state index contributed by atoms with van der Waals surface area (Å²) in [6.45, 7) is 0.136. The Hall–Kier alpha value is -1.84. The molecule has 4 nitrogen and oxygen atoms in total. The van der Waals surface area contributed by atoms with Crippen LogP contribution in [0.2, 0.25) is 0 Å². The summed E-state index contributed by atoms with van der Waals surface area (Å²) >= 11 is 0. The van der Waals surface area contributed by atoms with Crippen molar-refractivity contribution in [2.75, 3.05) is 6.61 Å². The Bertz CT molecular complexity index is 590. The van der Waals surface area contributed by atoms with Crippen LogP contribution in [0.15, 0.2) is 30.3 Å². The zero-order valence-electron chi connectivity index (χ0n) is 11.8. The van der Waals surface area contributed by atoms with Gasteiger partial charge in [-0.15, -0.1) is 0 Å². The molecule has 2 atom stereocenters. The molecule has 2 saturated carbocycles. The second-order valence-corrected chi connectivity index (χ2v) is 6.54. The molecule has 1 heterocycles. The monoisotopic (exact) mass is 286 g/mol. The van der Waals surface area contributed by atoms with Gasteiger partial charge in [0.15, 0.2) is 0 Å². The highest BCUT2D eigenvalue weighted by molar-refractivity contribution is 5.83. The molecule has 0 radical (unpaired) electrons. The van der Waals surface area contributed by atoms with Crippen molar-refractivity contribution in [2.24, 2.45) is 5.41 Å². The average molecular weight is 286 g/mol. The fourth-order valence-corrected chi connectivity index (χ4v) is 3.61. The number of hydrogen-bond acceptors (Lipinski definition) is 4. The van der Waals surface area contributed by atoms with Gasteiger partial charge in [-0.2, -0.15) is 0 Å². The Labute approximate surface area is 123 Å². The van der Waals surface area contributed by atoms with E-state index in [0.29, 0.717) is 6.42 Å². The number of carbonyl (C=O) groups is 2. The van der Waals surface area contributed by atoms with E-state index in [9.17, 15) is 9.59 Å². The Kier molecular flexibility index (Phi) is 2.65. The van der Waals surface area contributed by atoms with Crippen LogP contribution in [0.25, 0.3) is 0 Å². The fourth-order valence-electron chi connectivity index (χ4n) is 3.61. The normalized spacial score (nSPS) is 33.6. The first-order chi connectivity index (χ1) is 10.1. The molecule has 0 bridgehead atoms. The van der Waals surface area contributed by atoms with Crippen molar-refractivity contribution in [3.63, 3.8) is 0 Å². The van der Waals surface area contributed by atoms with Crippen molar-refractivity contribution in [2.45, 2.75) is 43.6 Å². The third-order valence-corrected chi connectivity index (χ3v) is 5.00. The van der Waals surface area contributed by atoms with Crippen molar-refractivity contribution < 1.29 is 19.1 Å². The topological polar surface area (TPSA) is 52.6 Å². The van der Waals surface area contributed by atoms with Crippen LogP contribution < -0.4 is 0 Å². The molecule has 2 aliphatic carbocycles. The van der Waals surface area contributed by atoms with Gasteiger partial charge in [-0.3, -0.25) is 9.59 Å². The second kappa shape index (κ2) is 4.33. The molecule has 1 unspecified atom stereocenters. The molecule has 1 saturated heterocycles. The predicted octanol–water partition coefficient (Wildman–Crippen LogP) is 2.57. The number of ether oxygens (including phenoxy) is 2. The molecule has 0 amide bonds. The largest absolute Gasteiger partial charge is 0.465 e. The first-order valence-electron chi connectivity index (χ1n) is 7.58. The lowest BCUT2D eigenvalue weighted by molar-refractivity contribution is -0.152. The number of esters is 2. The Morgan fingerprint density at radius 2 is 1.86 bits per heavy atom. The van der Waals surface area contributed by atoms with Crippen LogP contribution in [0.1, 0.15) is 43.6 Å². The molecular formula is C17H18O4. The van der Waals surface area contributed by atoms with Crippen LogP contribution in [-0.2, 0) is 19.1 Å². The van der Waals surface area contributed by atoms with Crippen LogP contribution in [0.4, 0.5) is 0 Å². The van der Waals surface area contributed by atoms with Crippen molar-refractivity contribution in [3.05, 3.63) is 35.9 Å². The zero-order valence-corrected chi connectivity index (χ0v) is 11.8. The van der Waals surface area contributed by atoms with E-state index in [-0.39, 0.29) is 30.9 Å². The van der Waals surface area contributed by atoms with Gasteiger partial charge in [0.1, 0.15) is 12.2 Å². The highest BCUT2D eigenvalue weighted by atomic mass is 16.6. The Balaban J connectivity index is 1.64. The number of cyclic esters (lactones) is 1. The summed E-state index contributed by atoms with van der Waals surface area (Å²) in [5.74, 6) is -0.198. The molecule has 0 N–H and O–H groups in total. The zero-order chi connectivity index (χ0) is 14.5. The molecule has 3 aliphatic rings. The maximum absolute atomic E-state index is 12.5. The van der Waals surface area contributed by atoms with Gasteiger partial charge >= 0.3 is 11.9 Å². The van der Waals surface area contributed by atoms with Crippen molar-refractivity contribution in [1.29, 1.82) is 0 Å². The smallest absolute Gasteiger partial charge is 0.312 e. The number of rotatable bonds is 1. The van der Waals surface area contributed by atoms with Gasteiger partial charge in [0.25, 0.3) is 0 Å². The van der Waals surface area contributed by atoms with Gasteiger partial charge in [-0.05, 0) is 24.8 Å². The van der Waals surface area contributed by atoms with Gasteiger partial charge in [-0.25, -0.2) is 0 Å². The minimum atomic E-state index is -0.484. The highest BCUT2D eigenvalue weighted by Crippen LogP contribution is 2.67. The van der Waals surface area contributed by atoms with Crippen LogP contribution in [0.5, 0.6) is 0 Å². The van der Waals surface area contributed by atoms with Gasteiger partial charge < -0.3 is 9.47 Å². The standard InChI is InChI=1S/C17H18O4/c18-14-6-9-20-15(19)17(11-16(21-14)7-8-16)10-13(17)12-4-2-1-3-5-12/h1-5,13H,6-11H2/t13-,17?/m0/s1. The minimum Gasteiger partial charge on any atom is -0.465 e. The van der Waals surface area contributed by atoms with Gasteiger partial charge in [-0.1, -0.05) is 30.3 Å². The minimum absolute atomic E-state index is 0.136. The molecule has 1 aromatic carbocycles. The van der Waals surface area contributed by atoms with E-state index in [1.165, 1.54) is 5.56 Å². The van der Waals surface area contributed by atoms with Gasteiger partial charge in [0.05, 0.1) is 11.8 Å². The van der Waals surface area contributed by atoms with E-state index < -0.39 is 11.0 Å². The van der Waals surface area contributed by atoms with Crippen LogP contribution in [0.3, 0.4) is 0 Å². The molecule has 1 aromatic rings. The molecule has 110 valence electrons. The van der Waals surface area contributed by atoms with E-state index in [1.807, 2.05) is 18.2 Å². The lowest BCUT2D eigenvalue weighted by Gasteiger charge is -2.21. The molecule has 3 fully saturated rings. The van der Waals surface area contributed by atoms with E-state index in [0.717, 1.165) is 19.3 Å². The maximum Gasteiger partial charge on any atom is 0.312 e. The summed E-state index contributed by atoms with van der Waals surface area (Å²) in [5, 5.41) is 0. The second-order valence-electron chi connectivity index (χ2n) is 6.54. The number of hydrogen-bond donors (Lipinski definition) is 0. The van der Waals surface area contributed by atoms with E-state index in [1.54, 1.807) is 0 Å². The van der Waals surface area contributed by atoms with Crippen LogP contribution >= 0.6 is 0 Å². The third kappa shape index (κ3) is 2.13. The van der Waals surface area contributed by atoms with Gasteiger partial charge in [0, 0.05) is 12.3 Å². The SMILES string of the molecule is O=C1CCOC(=O)C2(C[C@H]2c2ccccc2)CC2(CC2)O1. The van der Waals surface area contributed by atoms with Crippen molar-refractivity contribution in [3.8, 4) is 0 Å². The van der Waals surface area contributed by atoms with E-state index in [2.05, 4.69) is 12.1 Å². The Morgan fingerprint density at radius 1 is 1.10 bits per heavy atom. The van der Waals surface area contributed by atoms with Crippen LogP contribution in [-0.4, -0.2) is 24.1 Å². The molecular weight excluding hydrogens is 268 g/mol. The molecule has 0 aromatic heterocycles. The van der Waals surface area contributed by atoms with Gasteiger partial charge in [0.2, 0.25) is 0 Å². The predicted molar refractivity (Wildman–Crippen MR) is 74.5 cm³/mol. The average Bonchev–Trinajstić information content (AvgIpc) is 3.37. The van der Waals surface area contributed by atoms with Crippen molar-refractivity contribution >= 4 is 11.9 Å². The van der Waals surface area contributed by atoms with E-state index >= 15 is 0 Å². The molecule has 4 rings (SSSR count). The summed E-state index contributed by atoms with van der Waals surface area (Å²) in [6.07, 6.45) is 3.32. The molecule has 4 heteroatoms. The lowest BCUT2D eigenvalue weighted by Crippen LogP contribution is -2.28. The van der Waals surface area contributed by atoms with E-state index in [4.69, 9.17) is 9.47 Å². The molecule has 21 heavy (non-hydrogen) atoms.